The van der Waals surface area contributed by atoms with Crippen molar-refractivity contribution in [1.29, 1.82) is 0 Å². The number of rotatable bonds is 5. The summed E-state index contributed by atoms with van der Waals surface area (Å²) in [6.45, 7) is 6.05. The third-order valence-electron chi connectivity index (χ3n) is 6.81. The number of halogens is 3. The molecule has 0 spiro atoms. The Morgan fingerprint density at radius 1 is 1.05 bits per heavy atom. The Balaban J connectivity index is 1.36. The molecule has 0 saturated carbocycles. The lowest BCUT2D eigenvalue weighted by atomic mass is 10.00. The first-order valence-electron chi connectivity index (χ1n) is 12.3. The average Bonchev–Trinajstić information content (AvgIpc) is 3.47. The Morgan fingerprint density at radius 2 is 1.74 bits per heavy atom. The number of aromatic amines is 1. The zero-order valence-corrected chi connectivity index (χ0v) is 22.3. The number of benzene rings is 2. The standard InChI is InChI=1S/C27H26ClF2N7O2/c1-14-22(15(2)35-34-14)19-7-6-18(23(29)24(19)30)21-13-32-25(36(21)3)26(38)33-16-4-5-17(20(28)12-16)27(39)37-10-8-31-9-11-37/h4-7,12-13,31H,8-11H2,1-3H3,(H,33,38)(H,34,35). The number of amides is 2. The fourth-order valence-electron chi connectivity index (χ4n) is 4.75. The molecule has 0 aliphatic carbocycles. The minimum atomic E-state index is -1.06. The van der Waals surface area contributed by atoms with E-state index in [1.165, 1.54) is 36.0 Å². The zero-order chi connectivity index (χ0) is 27.8. The molecule has 3 N–H and O–H groups in total. The maximum atomic E-state index is 15.2. The lowest BCUT2D eigenvalue weighted by Crippen LogP contribution is -2.46. The van der Waals surface area contributed by atoms with Crippen LogP contribution in [0.15, 0.2) is 36.5 Å². The summed E-state index contributed by atoms with van der Waals surface area (Å²) >= 11 is 6.37. The summed E-state index contributed by atoms with van der Waals surface area (Å²) in [5.74, 6) is -2.85. The van der Waals surface area contributed by atoms with Crippen molar-refractivity contribution in [2.45, 2.75) is 13.8 Å². The predicted molar refractivity (Wildman–Crippen MR) is 144 cm³/mol. The van der Waals surface area contributed by atoms with Gasteiger partial charge in [-0.3, -0.25) is 14.7 Å². The fraction of sp³-hybridized carbons (Fsp3) is 0.259. The number of nitrogens with one attached hydrogen (secondary N) is 3. The van der Waals surface area contributed by atoms with Gasteiger partial charge in [-0.2, -0.15) is 5.10 Å². The molecule has 0 radical (unpaired) electrons. The SMILES string of the molecule is Cc1n[nH]c(C)c1-c1ccc(-c2cnc(C(=O)Nc3ccc(C(=O)N4CCNCC4)c(Cl)c3)n2C)c(F)c1F. The number of hydrogen-bond acceptors (Lipinski definition) is 5. The van der Waals surface area contributed by atoms with E-state index in [9.17, 15) is 9.59 Å². The van der Waals surface area contributed by atoms with E-state index < -0.39 is 17.5 Å². The van der Waals surface area contributed by atoms with Crippen LogP contribution in [0.3, 0.4) is 0 Å². The van der Waals surface area contributed by atoms with Crippen LogP contribution in [0.2, 0.25) is 5.02 Å². The van der Waals surface area contributed by atoms with Gasteiger partial charge >= 0.3 is 0 Å². The molecule has 2 amide bonds. The Kier molecular flexibility index (Phi) is 7.19. The molecule has 0 bridgehead atoms. The lowest BCUT2D eigenvalue weighted by Gasteiger charge is -2.27. The number of hydrogen-bond donors (Lipinski definition) is 3. The number of piperazine rings is 1. The Bertz CT molecular complexity index is 1570. The molecular formula is C27H26ClF2N7O2. The number of imidazole rings is 1. The maximum absolute atomic E-state index is 15.2. The molecule has 5 rings (SSSR count). The minimum absolute atomic E-state index is 0.0208. The molecular weight excluding hydrogens is 528 g/mol. The number of aromatic nitrogens is 4. The van der Waals surface area contributed by atoms with Crippen LogP contribution in [-0.2, 0) is 7.05 Å². The van der Waals surface area contributed by atoms with Gasteiger partial charge in [0, 0.05) is 61.3 Å². The molecule has 1 fully saturated rings. The van der Waals surface area contributed by atoms with Gasteiger partial charge in [0.25, 0.3) is 11.8 Å². The van der Waals surface area contributed by atoms with E-state index >= 15 is 8.78 Å². The van der Waals surface area contributed by atoms with Gasteiger partial charge in [-0.1, -0.05) is 17.7 Å². The summed E-state index contributed by atoms with van der Waals surface area (Å²) in [4.78, 5) is 31.6. The third kappa shape index (κ3) is 4.90. The summed E-state index contributed by atoms with van der Waals surface area (Å²) in [6, 6.07) is 7.57. The molecule has 2 aromatic carbocycles. The largest absolute Gasteiger partial charge is 0.336 e. The second kappa shape index (κ2) is 10.6. The quantitative estimate of drug-likeness (QED) is 0.341. The highest BCUT2D eigenvalue weighted by molar-refractivity contribution is 6.34. The Morgan fingerprint density at radius 3 is 2.41 bits per heavy atom. The van der Waals surface area contributed by atoms with E-state index in [1.54, 1.807) is 30.9 Å². The van der Waals surface area contributed by atoms with Gasteiger partial charge in [-0.25, -0.2) is 13.8 Å². The Hall–Kier alpha value is -4.09. The molecule has 1 aliphatic heterocycles. The molecule has 1 aliphatic rings. The molecule has 9 nitrogen and oxygen atoms in total. The topological polar surface area (TPSA) is 108 Å². The highest BCUT2D eigenvalue weighted by atomic mass is 35.5. The van der Waals surface area contributed by atoms with Crippen molar-refractivity contribution in [3.8, 4) is 22.4 Å². The predicted octanol–water partition coefficient (Wildman–Crippen LogP) is 4.32. The van der Waals surface area contributed by atoms with Crippen molar-refractivity contribution >= 4 is 29.1 Å². The van der Waals surface area contributed by atoms with Crippen LogP contribution in [0.25, 0.3) is 22.4 Å². The molecule has 2 aromatic heterocycles. The van der Waals surface area contributed by atoms with Crippen molar-refractivity contribution in [3.05, 3.63) is 76.0 Å². The van der Waals surface area contributed by atoms with Crippen LogP contribution < -0.4 is 10.6 Å². The van der Waals surface area contributed by atoms with Crippen molar-refractivity contribution in [1.82, 2.24) is 30.0 Å². The van der Waals surface area contributed by atoms with Gasteiger partial charge in [0.15, 0.2) is 17.5 Å². The van der Waals surface area contributed by atoms with Gasteiger partial charge in [0.05, 0.1) is 28.2 Å². The lowest BCUT2D eigenvalue weighted by molar-refractivity contribution is 0.0736. The summed E-state index contributed by atoms with van der Waals surface area (Å²) < 4.78 is 31.7. The fourth-order valence-corrected chi connectivity index (χ4v) is 5.01. The summed E-state index contributed by atoms with van der Waals surface area (Å²) in [5.41, 5.74) is 2.66. The van der Waals surface area contributed by atoms with Crippen molar-refractivity contribution in [2.75, 3.05) is 31.5 Å². The first kappa shape index (κ1) is 26.5. The van der Waals surface area contributed by atoms with Gasteiger partial charge < -0.3 is 20.1 Å². The molecule has 202 valence electrons. The van der Waals surface area contributed by atoms with E-state index in [0.717, 1.165) is 0 Å². The van der Waals surface area contributed by atoms with Gasteiger partial charge in [-0.05, 0) is 38.1 Å². The molecule has 0 unspecified atom stereocenters. The first-order valence-corrected chi connectivity index (χ1v) is 12.7. The third-order valence-corrected chi connectivity index (χ3v) is 7.12. The van der Waals surface area contributed by atoms with Crippen LogP contribution in [0.1, 0.15) is 32.4 Å². The number of nitrogens with zero attached hydrogens (tertiary/aromatic N) is 4. The summed E-state index contributed by atoms with van der Waals surface area (Å²) in [7, 11) is 1.54. The van der Waals surface area contributed by atoms with E-state index in [1.807, 2.05) is 0 Å². The first-order chi connectivity index (χ1) is 18.7. The normalized spacial score (nSPS) is 13.5. The van der Waals surface area contributed by atoms with E-state index in [0.29, 0.717) is 54.4 Å². The molecule has 1 saturated heterocycles. The van der Waals surface area contributed by atoms with Crippen LogP contribution >= 0.6 is 11.6 Å². The van der Waals surface area contributed by atoms with E-state index in [-0.39, 0.29) is 33.6 Å². The number of H-pyrrole nitrogens is 1. The molecule has 39 heavy (non-hydrogen) atoms. The molecule has 12 heteroatoms. The zero-order valence-electron chi connectivity index (χ0n) is 21.5. The summed E-state index contributed by atoms with van der Waals surface area (Å²) in [5, 5.41) is 12.9. The maximum Gasteiger partial charge on any atom is 0.291 e. The van der Waals surface area contributed by atoms with Gasteiger partial charge in [-0.15, -0.1) is 0 Å². The summed E-state index contributed by atoms with van der Waals surface area (Å²) in [6.07, 6.45) is 1.31. The number of carbonyl (C=O) groups excluding carboxylic acids is 2. The van der Waals surface area contributed by atoms with Gasteiger partial charge in [0.2, 0.25) is 0 Å². The average molecular weight is 554 g/mol. The highest BCUT2D eigenvalue weighted by Gasteiger charge is 2.24. The monoisotopic (exact) mass is 553 g/mol. The minimum Gasteiger partial charge on any atom is -0.336 e. The van der Waals surface area contributed by atoms with E-state index in [2.05, 4.69) is 25.8 Å². The van der Waals surface area contributed by atoms with Crippen molar-refractivity contribution in [3.63, 3.8) is 0 Å². The van der Waals surface area contributed by atoms with Crippen LogP contribution in [0.4, 0.5) is 14.5 Å². The molecule has 0 atom stereocenters. The molecule has 3 heterocycles. The number of aryl methyl sites for hydroxylation is 2. The second-order valence-electron chi connectivity index (χ2n) is 9.31. The second-order valence-corrected chi connectivity index (χ2v) is 9.72. The van der Waals surface area contributed by atoms with Crippen LogP contribution in [0.5, 0.6) is 0 Å². The highest BCUT2D eigenvalue weighted by Crippen LogP contribution is 2.34. The number of anilines is 1. The van der Waals surface area contributed by atoms with E-state index in [4.69, 9.17) is 11.6 Å². The van der Waals surface area contributed by atoms with Crippen molar-refractivity contribution < 1.29 is 18.4 Å². The Labute approximate surface area is 228 Å². The van der Waals surface area contributed by atoms with Crippen molar-refractivity contribution in [2.24, 2.45) is 7.05 Å². The molecule has 4 aromatic rings. The smallest absolute Gasteiger partial charge is 0.291 e. The number of carbonyl (C=O) groups is 2. The van der Waals surface area contributed by atoms with Gasteiger partial charge in [0.1, 0.15) is 0 Å². The van der Waals surface area contributed by atoms with Crippen LogP contribution in [-0.4, -0.2) is 62.6 Å². The van der Waals surface area contributed by atoms with Crippen LogP contribution in [0, 0.1) is 25.5 Å².